The van der Waals surface area contributed by atoms with Crippen molar-refractivity contribution in [2.75, 3.05) is 18.7 Å². The highest BCUT2D eigenvalue weighted by atomic mass is 32.2. The van der Waals surface area contributed by atoms with Gasteiger partial charge in [-0.1, -0.05) is 30.3 Å². The minimum absolute atomic E-state index is 0.0268. The lowest BCUT2D eigenvalue weighted by molar-refractivity contribution is -0.122. The van der Waals surface area contributed by atoms with E-state index in [2.05, 4.69) is 5.32 Å². The number of Topliss-reactive ketones (excluding diaryl/α,β-unsaturated/α-hetero) is 1. The van der Waals surface area contributed by atoms with Crippen molar-refractivity contribution < 1.29 is 27.1 Å². The quantitative estimate of drug-likeness (QED) is 0.252. The third kappa shape index (κ3) is 6.23. The van der Waals surface area contributed by atoms with Gasteiger partial charge in [-0.05, 0) is 80.3 Å². The number of hydrogen-bond donors (Lipinski definition) is 1. The van der Waals surface area contributed by atoms with Crippen molar-refractivity contribution in [2.24, 2.45) is 0 Å². The molecule has 11 heteroatoms. The Morgan fingerprint density at radius 1 is 1.02 bits per heavy atom. The zero-order valence-electron chi connectivity index (χ0n) is 23.6. The minimum Gasteiger partial charge on any atom is -0.454 e. The Kier molecular flexibility index (Phi) is 8.09. The summed E-state index contributed by atoms with van der Waals surface area (Å²) in [6.07, 6.45) is 1.41. The molecule has 2 atom stereocenters. The highest BCUT2D eigenvalue weighted by Crippen LogP contribution is 2.36. The van der Waals surface area contributed by atoms with Gasteiger partial charge in [-0.25, -0.2) is 22.8 Å². The summed E-state index contributed by atoms with van der Waals surface area (Å²) in [6, 6.07) is 21.2. The van der Waals surface area contributed by atoms with Gasteiger partial charge >= 0.3 is 0 Å². The molecule has 43 heavy (non-hydrogen) atoms. The molecule has 0 radical (unpaired) electrons. The van der Waals surface area contributed by atoms with Crippen LogP contribution in [-0.4, -0.2) is 47.9 Å². The molecule has 2 aliphatic heterocycles. The first-order valence-electron chi connectivity index (χ1n) is 14.2. The number of carbonyl (C=O) groups is 1. The standard InChI is InChI=1S/C32H31FN4O5S/c1-21(22-6-3-2-4-7-22)34-32-35-25(19-27(36-32)23-9-16-30-31(18-23)42-20-41-30)12-15-29(38)28-8-5-17-37(28)43(39,40)26-13-10-24(33)11-14-26/h2-4,6-7,9-11,13-14,16,18-19,21,28H,5,8,12,15,17,20H2,1H3,(H,34,35,36)/t21?,28-/m0/s1. The highest BCUT2D eigenvalue weighted by molar-refractivity contribution is 7.89. The number of benzene rings is 3. The van der Waals surface area contributed by atoms with Crippen LogP contribution < -0.4 is 14.8 Å². The Morgan fingerprint density at radius 3 is 2.58 bits per heavy atom. The molecule has 0 amide bonds. The molecule has 3 aromatic carbocycles. The fraction of sp³-hybridized carbons (Fsp3) is 0.281. The summed E-state index contributed by atoms with van der Waals surface area (Å²) in [7, 11) is -3.94. The van der Waals surface area contributed by atoms with Gasteiger partial charge in [0.1, 0.15) is 5.82 Å². The average Bonchev–Trinajstić information content (AvgIpc) is 3.71. The molecule has 0 spiro atoms. The maximum Gasteiger partial charge on any atom is 0.243 e. The number of fused-ring (bicyclic) bond motifs is 1. The largest absolute Gasteiger partial charge is 0.454 e. The van der Waals surface area contributed by atoms with Crippen molar-refractivity contribution in [3.8, 4) is 22.8 Å². The van der Waals surface area contributed by atoms with E-state index in [1.807, 2.05) is 61.5 Å². The van der Waals surface area contributed by atoms with E-state index in [0.717, 1.165) is 23.3 Å². The van der Waals surface area contributed by atoms with Crippen molar-refractivity contribution in [1.29, 1.82) is 0 Å². The Balaban J connectivity index is 1.23. The average molecular weight is 603 g/mol. The number of aromatic nitrogens is 2. The number of nitrogens with zero attached hydrogens (tertiary/aromatic N) is 3. The van der Waals surface area contributed by atoms with E-state index >= 15 is 0 Å². The van der Waals surface area contributed by atoms with Gasteiger partial charge in [0.25, 0.3) is 0 Å². The first-order chi connectivity index (χ1) is 20.8. The summed E-state index contributed by atoms with van der Waals surface area (Å²) in [5.74, 6) is 0.999. The van der Waals surface area contributed by atoms with Gasteiger partial charge in [0.2, 0.25) is 22.8 Å². The van der Waals surface area contributed by atoms with Crippen molar-refractivity contribution in [2.45, 2.75) is 49.6 Å². The molecule has 1 unspecified atom stereocenters. The molecule has 222 valence electrons. The van der Waals surface area contributed by atoms with Crippen LogP contribution in [0.15, 0.2) is 83.8 Å². The molecule has 0 aliphatic carbocycles. The minimum atomic E-state index is -3.94. The van der Waals surface area contributed by atoms with Crippen LogP contribution >= 0.6 is 0 Å². The fourth-order valence-corrected chi connectivity index (χ4v) is 7.10. The van der Waals surface area contributed by atoms with E-state index in [1.54, 1.807) is 0 Å². The lowest BCUT2D eigenvalue weighted by atomic mass is 10.0. The molecule has 1 fully saturated rings. The molecule has 1 aromatic heterocycles. The maximum absolute atomic E-state index is 13.4. The molecule has 0 saturated carbocycles. The van der Waals surface area contributed by atoms with Gasteiger partial charge in [-0.2, -0.15) is 4.31 Å². The summed E-state index contributed by atoms with van der Waals surface area (Å²) < 4.78 is 52.2. The number of ether oxygens (including phenoxy) is 2. The van der Waals surface area contributed by atoms with Gasteiger partial charge in [0.05, 0.1) is 22.7 Å². The Labute approximate surface area is 249 Å². The van der Waals surface area contributed by atoms with Crippen LogP contribution in [0.3, 0.4) is 0 Å². The molecular weight excluding hydrogens is 571 g/mol. The summed E-state index contributed by atoms with van der Waals surface area (Å²) in [4.78, 5) is 22.9. The number of nitrogens with one attached hydrogen (secondary N) is 1. The second-order valence-corrected chi connectivity index (χ2v) is 12.5. The van der Waals surface area contributed by atoms with Crippen LogP contribution in [0, 0.1) is 5.82 Å². The molecule has 6 rings (SSSR count). The second kappa shape index (κ2) is 12.1. The Bertz CT molecular complexity index is 1730. The molecule has 0 bridgehead atoms. The van der Waals surface area contributed by atoms with E-state index in [1.165, 1.54) is 16.4 Å². The van der Waals surface area contributed by atoms with Gasteiger partial charge in [-0.3, -0.25) is 4.79 Å². The van der Waals surface area contributed by atoms with Crippen molar-refractivity contribution in [1.82, 2.24) is 14.3 Å². The molecule has 1 saturated heterocycles. The normalized spacial score (nSPS) is 17.1. The molecule has 3 heterocycles. The summed E-state index contributed by atoms with van der Waals surface area (Å²) in [5.41, 5.74) is 3.17. The third-order valence-corrected chi connectivity index (χ3v) is 9.64. The highest BCUT2D eigenvalue weighted by Gasteiger charge is 2.39. The number of carbonyl (C=O) groups excluding carboxylic acids is 1. The van der Waals surface area contributed by atoms with Crippen molar-refractivity contribution in [3.63, 3.8) is 0 Å². The van der Waals surface area contributed by atoms with E-state index in [-0.39, 0.29) is 36.5 Å². The van der Waals surface area contributed by atoms with Crippen LogP contribution in [0.2, 0.25) is 0 Å². The monoisotopic (exact) mass is 602 g/mol. The van der Waals surface area contributed by atoms with Gasteiger partial charge < -0.3 is 14.8 Å². The molecule has 9 nitrogen and oxygen atoms in total. The zero-order valence-corrected chi connectivity index (χ0v) is 24.4. The molecule has 4 aromatic rings. The van der Waals surface area contributed by atoms with Crippen LogP contribution in [0.5, 0.6) is 11.5 Å². The van der Waals surface area contributed by atoms with Crippen LogP contribution in [0.25, 0.3) is 11.3 Å². The molecule has 2 aliphatic rings. The summed E-state index contributed by atoms with van der Waals surface area (Å²) in [6.45, 7) is 2.42. The van der Waals surface area contributed by atoms with Crippen LogP contribution in [-0.2, 0) is 21.2 Å². The van der Waals surface area contributed by atoms with E-state index in [0.29, 0.717) is 48.1 Å². The fourth-order valence-electron chi connectivity index (χ4n) is 5.42. The van der Waals surface area contributed by atoms with Gasteiger partial charge in [0.15, 0.2) is 17.3 Å². The molecular formula is C32H31FN4O5S. The first kappa shape index (κ1) is 28.8. The maximum atomic E-state index is 13.4. The van der Waals surface area contributed by atoms with E-state index < -0.39 is 21.9 Å². The van der Waals surface area contributed by atoms with Gasteiger partial charge in [-0.15, -0.1) is 0 Å². The molecule has 1 N–H and O–H groups in total. The Morgan fingerprint density at radius 2 is 1.79 bits per heavy atom. The summed E-state index contributed by atoms with van der Waals surface area (Å²) in [5, 5.41) is 3.38. The number of aryl methyl sites for hydroxylation is 1. The zero-order chi connectivity index (χ0) is 30.0. The lowest BCUT2D eigenvalue weighted by Gasteiger charge is -2.23. The number of anilines is 1. The lowest BCUT2D eigenvalue weighted by Crippen LogP contribution is -2.40. The number of halogens is 1. The second-order valence-electron chi connectivity index (χ2n) is 10.6. The van der Waals surface area contributed by atoms with Crippen molar-refractivity contribution in [3.05, 3.63) is 95.9 Å². The van der Waals surface area contributed by atoms with Crippen LogP contribution in [0.1, 0.15) is 43.5 Å². The number of rotatable bonds is 10. The topological polar surface area (TPSA) is 111 Å². The van der Waals surface area contributed by atoms with E-state index in [4.69, 9.17) is 19.4 Å². The number of hydrogen-bond acceptors (Lipinski definition) is 8. The Hall–Kier alpha value is -4.35. The number of sulfonamides is 1. The smallest absolute Gasteiger partial charge is 0.243 e. The van der Waals surface area contributed by atoms with Crippen LogP contribution in [0.4, 0.5) is 10.3 Å². The summed E-state index contributed by atoms with van der Waals surface area (Å²) >= 11 is 0. The predicted octanol–water partition coefficient (Wildman–Crippen LogP) is 5.54. The SMILES string of the molecule is CC(Nc1nc(CCC(=O)[C@@H]2CCCN2S(=O)(=O)c2ccc(F)cc2)cc(-c2ccc3c(c2)OCO3)n1)c1ccccc1. The van der Waals surface area contributed by atoms with Gasteiger partial charge in [0, 0.05) is 24.2 Å². The number of ketones is 1. The van der Waals surface area contributed by atoms with E-state index in [9.17, 15) is 17.6 Å². The third-order valence-electron chi connectivity index (χ3n) is 7.72. The van der Waals surface area contributed by atoms with Crippen molar-refractivity contribution >= 4 is 21.8 Å². The first-order valence-corrected chi connectivity index (χ1v) is 15.6. The predicted molar refractivity (Wildman–Crippen MR) is 159 cm³/mol.